The van der Waals surface area contributed by atoms with Gasteiger partial charge in [-0.15, -0.1) is 0 Å². The summed E-state index contributed by atoms with van der Waals surface area (Å²) in [5.74, 6) is -0.145. The number of fused-ring (bicyclic) bond motifs is 7. The van der Waals surface area contributed by atoms with Crippen molar-refractivity contribution in [1.29, 1.82) is 0 Å². The summed E-state index contributed by atoms with van der Waals surface area (Å²) in [6.45, 7) is 15.9. The maximum absolute atomic E-state index is 12.8. The zero-order chi connectivity index (χ0) is 48.4. The van der Waals surface area contributed by atoms with Crippen LogP contribution in [0.1, 0.15) is 107 Å². The Kier molecular flexibility index (Phi) is 14.0. The van der Waals surface area contributed by atoms with Crippen LogP contribution in [0.5, 0.6) is 0 Å². The van der Waals surface area contributed by atoms with E-state index in [1.807, 2.05) is 13.8 Å². The first-order valence-corrected chi connectivity index (χ1v) is 24.3. The van der Waals surface area contributed by atoms with Crippen molar-refractivity contribution in [3.8, 4) is 0 Å². The third kappa shape index (κ3) is 7.91. The fourth-order valence-corrected chi connectivity index (χ4v) is 15.3. The van der Waals surface area contributed by atoms with E-state index in [1.54, 1.807) is 0 Å². The lowest BCUT2D eigenvalue weighted by molar-refractivity contribution is -0.379. The highest BCUT2D eigenvalue weighted by atomic mass is 16.8. The largest absolute Gasteiger partial charge is 0.394 e. The molecule has 3 saturated heterocycles. The van der Waals surface area contributed by atoms with Crippen molar-refractivity contribution < 1.29 is 89.7 Å². The van der Waals surface area contributed by atoms with Crippen LogP contribution in [-0.4, -0.2) is 192 Å². The lowest BCUT2D eigenvalue weighted by Gasteiger charge is -2.73. The molecule has 18 heteroatoms. The minimum atomic E-state index is -1.81. The van der Waals surface area contributed by atoms with E-state index in [0.717, 1.165) is 25.7 Å². The topological polar surface area (TPSA) is 298 Å². The number of rotatable bonds is 9. The molecule has 0 aromatic carbocycles. The number of allylic oxidation sites excluding steroid dienone is 2. The second kappa shape index (κ2) is 17.9. The van der Waals surface area contributed by atoms with E-state index in [9.17, 15) is 61.3 Å². The van der Waals surface area contributed by atoms with E-state index in [0.29, 0.717) is 25.7 Å². The Morgan fingerprint density at radius 2 is 1.06 bits per heavy atom. The second-order valence-electron chi connectivity index (χ2n) is 23.9. The molecule has 66 heavy (non-hydrogen) atoms. The predicted molar refractivity (Wildman–Crippen MR) is 231 cm³/mol. The van der Waals surface area contributed by atoms with E-state index in [2.05, 4.69) is 47.6 Å². The molecule has 4 saturated carbocycles. The van der Waals surface area contributed by atoms with Crippen LogP contribution >= 0.6 is 0 Å². The van der Waals surface area contributed by atoms with Crippen LogP contribution in [0.2, 0.25) is 0 Å². The zero-order valence-electron chi connectivity index (χ0n) is 39.8. The Balaban J connectivity index is 1.09. The molecule has 3 aliphatic heterocycles. The molecular weight excluding hydrogens is 865 g/mol. The fraction of sp³-hybridized carbons (Fsp3) is 0.958. The van der Waals surface area contributed by atoms with Crippen molar-refractivity contribution in [2.45, 2.75) is 217 Å². The molecule has 0 spiro atoms. The zero-order valence-corrected chi connectivity index (χ0v) is 39.8. The number of aliphatic hydroxyl groups excluding tert-OH is 12. The van der Waals surface area contributed by atoms with Gasteiger partial charge in [-0.3, -0.25) is 0 Å². The van der Waals surface area contributed by atoms with Crippen molar-refractivity contribution in [2.75, 3.05) is 19.8 Å². The van der Waals surface area contributed by atoms with Crippen molar-refractivity contribution in [3.05, 3.63) is 11.6 Å². The Morgan fingerprint density at radius 1 is 0.545 bits per heavy atom. The molecule has 12 N–H and O–H groups in total. The molecule has 7 fully saturated rings. The molecule has 0 unspecified atom stereocenters. The molecule has 18 nitrogen and oxygen atoms in total. The maximum Gasteiger partial charge on any atom is 0.187 e. The van der Waals surface area contributed by atoms with Crippen molar-refractivity contribution in [1.82, 2.24) is 0 Å². The lowest BCUT2D eigenvalue weighted by Crippen LogP contribution is -2.70. The van der Waals surface area contributed by atoms with E-state index in [4.69, 9.17) is 28.4 Å². The standard InChI is InChI=1S/C48H80O18/c1-43(2)13-14-45(5)22(15-43)21-9-10-27-46(6)12-11-28(64-42-38(35(58)32(55)26(20-51)63-42)66-41-37(60)34(57)31(54)25(19-50)62-41)44(3,4)39(46)23(52)16-48(27,8)47(21,7)17-29(45)65-40-36(59)33(56)30(53)24(18-49)61-40/h9,22-42,49-60H,10-20H2,1-8H3/t22-,23-,24-,25-,26-,27-,28+,29+,30-,31+,32-,33+,34+,35+,36-,37-,38-,39+,40+,41+,42+,45+,46-,47-,48-/m1/s1. The molecule has 0 radical (unpaired) electrons. The smallest absolute Gasteiger partial charge is 0.187 e. The van der Waals surface area contributed by atoms with Gasteiger partial charge in [0.05, 0.1) is 38.1 Å². The van der Waals surface area contributed by atoms with Gasteiger partial charge in [0.1, 0.15) is 73.2 Å². The summed E-state index contributed by atoms with van der Waals surface area (Å²) in [5.41, 5.74) is -1.12. The van der Waals surface area contributed by atoms with Crippen LogP contribution in [0, 0.1) is 50.2 Å². The van der Waals surface area contributed by atoms with E-state index < -0.39 is 152 Å². The van der Waals surface area contributed by atoms with Crippen LogP contribution in [0.4, 0.5) is 0 Å². The van der Waals surface area contributed by atoms with Gasteiger partial charge in [-0.05, 0) is 96.2 Å². The molecule has 0 aromatic heterocycles. The molecule has 8 aliphatic rings. The second-order valence-corrected chi connectivity index (χ2v) is 23.9. The van der Waals surface area contributed by atoms with Crippen LogP contribution < -0.4 is 0 Å². The van der Waals surface area contributed by atoms with Crippen LogP contribution in [-0.2, 0) is 28.4 Å². The molecule has 25 atom stereocenters. The minimum Gasteiger partial charge on any atom is -0.394 e. The Hall–Kier alpha value is -0.980. The molecule has 0 bridgehead atoms. The first-order valence-electron chi connectivity index (χ1n) is 24.3. The number of aliphatic hydroxyl groups is 12. The first kappa shape index (κ1) is 51.4. The van der Waals surface area contributed by atoms with Crippen molar-refractivity contribution >= 4 is 0 Å². The average molecular weight is 945 g/mol. The van der Waals surface area contributed by atoms with E-state index >= 15 is 0 Å². The number of hydrogen-bond donors (Lipinski definition) is 12. The summed E-state index contributed by atoms with van der Waals surface area (Å²) in [4.78, 5) is 0. The van der Waals surface area contributed by atoms with Gasteiger partial charge < -0.3 is 89.7 Å². The lowest BCUT2D eigenvalue weighted by atomic mass is 9.33. The third-order valence-corrected chi connectivity index (χ3v) is 19.3. The van der Waals surface area contributed by atoms with Crippen LogP contribution in [0.15, 0.2) is 11.6 Å². The van der Waals surface area contributed by atoms with Gasteiger partial charge in [-0.25, -0.2) is 0 Å². The molecular formula is C48H80O18. The molecule has 3 heterocycles. The van der Waals surface area contributed by atoms with Gasteiger partial charge in [0.2, 0.25) is 0 Å². The monoisotopic (exact) mass is 945 g/mol. The highest BCUT2D eigenvalue weighted by Crippen LogP contribution is 2.76. The minimum absolute atomic E-state index is 0.0343. The summed E-state index contributed by atoms with van der Waals surface area (Å²) >= 11 is 0. The van der Waals surface area contributed by atoms with Gasteiger partial charge in [0, 0.05) is 5.41 Å². The summed E-state index contributed by atoms with van der Waals surface area (Å²) in [6.07, 6.45) is -16.7. The quantitative estimate of drug-likeness (QED) is 0.103. The third-order valence-electron chi connectivity index (χ3n) is 19.3. The molecule has 0 aromatic rings. The Morgan fingerprint density at radius 3 is 1.62 bits per heavy atom. The van der Waals surface area contributed by atoms with Gasteiger partial charge in [0.15, 0.2) is 18.9 Å². The normalized spacial score (nSPS) is 55.7. The number of ether oxygens (including phenoxy) is 6. The average Bonchev–Trinajstić information content (AvgIpc) is 3.25. The molecule has 0 amide bonds. The highest BCUT2D eigenvalue weighted by molar-refractivity contribution is 5.35. The van der Waals surface area contributed by atoms with Crippen LogP contribution in [0.25, 0.3) is 0 Å². The Labute approximate surface area is 387 Å². The first-order chi connectivity index (χ1) is 30.7. The predicted octanol–water partition coefficient (Wildman–Crippen LogP) is -0.417. The van der Waals surface area contributed by atoms with Crippen molar-refractivity contribution in [2.24, 2.45) is 50.2 Å². The summed E-state index contributed by atoms with van der Waals surface area (Å²) in [6, 6.07) is 0. The van der Waals surface area contributed by atoms with Crippen LogP contribution in [0.3, 0.4) is 0 Å². The summed E-state index contributed by atoms with van der Waals surface area (Å²) in [7, 11) is 0. The van der Waals surface area contributed by atoms with Gasteiger partial charge in [-0.1, -0.05) is 67.0 Å². The van der Waals surface area contributed by atoms with E-state index in [1.165, 1.54) is 5.57 Å². The van der Waals surface area contributed by atoms with Gasteiger partial charge in [-0.2, -0.15) is 0 Å². The Bertz CT molecular complexity index is 1760. The molecule has 8 rings (SSSR count). The maximum atomic E-state index is 12.8. The highest BCUT2D eigenvalue weighted by Gasteiger charge is 2.72. The summed E-state index contributed by atoms with van der Waals surface area (Å²) in [5, 5.41) is 129. The van der Waals surface area contributed by atoms with Gasteiger partial charge in [0.25, 0.3) is 0 Å². The van der Waals surface area contributed by atoms with Gasteiger partial charge >= 0.3 is 0 Å². The van der Waals surface area contributed by atoms with Crippen molar-refractivity contribution in [3.63, 3.8) is 0 Å². The molecule has 380 valence electrons. The number of hydrogen-bond acceptors (Lipinski definition) is 18. The summed E-state index contributed by atoms with van der Waals surface area (Å²) < 4.78 is 37.3. The van der Waals surface area contributed by atoms with E-state index in [-0.39, 0.29) is 28.6 Å². The molecule has 5 aliphatic carbocycles. The SMILES string of the molecule is CC1(C)CC[C@]2(C)[C@@H](O[C@@H]3O[C@H](CO)[C@@H](O)[C@H](O)[C@H]3O)C[C@]3(C)C(=CC[C@@H]4[C@@]5(C)CC[C@H](O[C@@H]6O[C@H](CO)[C@@H](O)[C@H](O)[C@H]6O[C@@H]6O[C@H](CO)[C@H](O)[C@H](O)[C@H]6O)C(C)(C)[C@@H]5[C@H](O)C[C@]43C)[C@H]2C1. The fourth-order valence-electron chi connectivity index (χ4n) is 15.3.